The number of hydrogen-bond acceptors (Lipinski definition) is 1. The molecule has 0 radical (unpaired) electrons. The van der Waals surface area contributed by atoms with Gasteiger partial charge >= 0.3 is 0 Å². The normalized spacial score (nSPS) is 14.3. The minimum atomic E-state index is -0.256. The van der Waals surface area contributed by atoms with Gasteiger partial charge in [0.1, 0.15) is 0 Å². The van der Waals surface area contributed by atoms with E-state index in [1.165, 1.54) is 82.7 Å². The Kier molecular flexibility index (Phi) is 8.34. The van der Waals surface area contributed by atoms with Gasteiger partial charge in [0.2, 0.25) is 0 Å². The lowest BCUT2D eigenvalue weighted by Crippen LogP contribution is -2.22. The van der Waals surface area contributed by atoms with Gasteiger partial charge in [-0.15, -0.1) is 0 Å². The number of hydrogen-bond donors (Lipinski definition) is 0. The second kappa shape index (κ2) is 14.2. The molecule has 0 aliphatic heterocycles. The van der Waals surface area contributed by atoms with Crippen LogP contribution in [-0.2, 0) is 5.41 Å². The van der Waals surface area contributed by atoms with Gasteiger partial charge in [-0.25, -0.2) is 0 Å². The van der Waals surface area contributed by atoms with E-state index >= 15 is 0 Å². The molecule has 1 heteroatoms. The second-order valence-electron chi connectivity index (χ2n) is 15.8. The molecular weight excluding hydrogens is 711 g/mol. The van der Waals surface area contributed by atoms with Gasteiger partial charge in [0.15, 0.2) is 0 Å². The predicted molar refractivity (Wildman–Crippen MR) is 250 cm³/mol. The van der Waals surface area contributed by atoms with E-state index in [0.717, 1.165) is 17.1 Å². The fraction of sp³-hybridized carbons (Fsp3) is 0.0345. The summed E-state index contributed by atoms with van der Waals surface area (Å²) in [6.07, 6.45) is 0. The maximum atomic E-state index is 2.42. The van der Waals surface area contributed by atoms with Crippen LogP contribution < -0.4 is 4.90 Å². The largest absolute Gasteiger partial charge is 0.310 e. The molecule has 0 heterocycles. The first-order chi connectivity index (χ1) is 29.1. The molecule has 10 aromatic carbocycles. The first kappa shape index (κ1) is 34.7. The van der Waals surface area contributed by atoms with E-state index in [4.69, 9.17) is 0 Å². The minimum absolute atomic E-state index is 0.256. The van der Waals surface area contributed by atoms with Gasteiger partial charge in [0.25, 0.3) is 0 Å². The van der Waals surface area contributed by atoms with Crippen molar-refractivity contribution in [2.75, 3.05) is 4.90 Å². The molecule has 0 amide bonds. The molecule has 278 valence electrons. The van der Waals surface area contributed by atoms with Gasteiger partial charge < -0.3 is 4.90 Å². The summed E-state index contributed by atoms with van der Waals surface area (Å²) in [5.41, 5.74) is 17.0. The van der Waals surface area contributed by atoms with Crippen LogP contribution in [0.3, 0.4) is 0 Å². The van der Waals surface area contributed by atoms with E-state index in [1.54, 1.807) is 0 Å². The summed E-state index contributed by atoms with van der Waals surface area (Å²) in [4.78, 5) is 2.42. The van der Waals surface area contributed by atoms with E-state index in [2.05, 4.69) is 242 Å². The Hall–Kier alpha value is -7.48. The summed E-state index contributed by atoms with van der Waals surface area (Å²) < 4.78 is 0. The van der Waals surface area contributed by atoms with E-state index < -0.39 is 0 Å². The van der Waals surface area contributed by atoms with Crippen molar-refractivity contribution in [1.82, 2.24) is 0 Å². The summed E-state index contributed by atoms with van der Waals surface area (Å²) in [6, 6.07) is 84.5. The molecule has 59 heavy (non-hydrogen) atoms. The van der Waals surface area contributed by atoms with Crippen LogP contribution >= 0.6 is 0 Å². The van der Waals surface area contributed by atoms with E-state index in [-0.39, 0.29) is 5.41 Å². The van der Waals surface area contributed by atoms with Crippen LogP contribution in [0.2, 0.25) is 0 Å². The molecule has 1 nitrogen and oxygen atoms in total. The fourth-order valence-electron chi connectivity index (χ4n) is 9.53. The summed E-state index contributed by atoms with van der Waals surface area (Å²) in [7, 11) is 0. The zero-order valence-electron chi connectivity index (χ0n) is 32.9. The van der Waals surface area contributed by atoms with Gasteiger partial charge in [-0.3, -0.25) is 0 Å². The van der Waals surface area contributed by atoms with Gasteiger partial charge in [-0.2, -0.15) is 0 Å². The zero-order valence-corrected chi connectivity index (χ0v) is 32.9. The van der Waals surface area contributed by atoms with Crippen LogP contribution in [0.25, 0.3) is 66.1 Å². The molecule has 11 rings (SSSR count). The highest BCUT2D eigenvalue weighted by molar-refractivity contribution is 6.00. The molecule has 1 unspecified atom stereocenters. The molecule has 0 bridgehead atoms. The minimum Gasteiger partial charge on any atom is -0.310 e. The van der Waals surface area contributed by atoms with Crippen LogP contribution in [0.4, 0.5) is 17.1 Å². The van der Waals surface area contributed by atoms with E-state index in [0.29, 0.717) is 0 Å². The Balaban J connectivity index is 1.00. The summed E-state index contributed by atoms with van der Waals surface area (Å²) in [5.74, 6) is 0. The number of benzene rings is 10. The molecule has 0 spiro atoms. The summed E-state index contributed by atoms with van der Waals surface area (Å²) in [5, 5.41) is 4.95. The lowest BCUT2D eigenvalue weighted by molar-refractivity contribution is 0.714. The Morgan fingerprint density at radius 1 is 0.339 bits per heavy atom. The highest BCUT2D eigenvalue weighted by Gasteiger charge is 2.41. The predicted octanol–water partition coefficient (Wildman–Crippen LogP) is 15.8. The third-order valence-electron chi connectivity index (χ3n) is 12.5. The number of fused-ring (bicyclic) bond motifs is 5. The third kappa shape index (κ3) is 5.86. The molecule has 0 saturated carbocycles. The lowest BCUT2D eigenvalue weighted by Gasteiger charge is -2.28. The van der Waals surface area contributed by atoms with Gasteiger partial charge in [-0.05, 0) is 121 Å². The maximum absolute atomic E-state index is 2.42. The summed E-state index contributed by atoms with van der Waals surface area (Å²) >= 11 is 0. The average molecular weight is 752 g/mol. The SMILES string of the molecule is CC1(c2ccccc2)c2ccccc2-c2c(-c3cccc(N(c4ccc(-c5ccc(-c6ccc7ccccc7c6)cc5)cc4)c4cccc5ccccc45)c3)cccc21. The molecule has 0 fully saturated rings. The monoisotopic (exact) mass is 751 g/mol. The van der Waals surface area contributed by atoms with Gasteiger partial charge in [0, 0.05) is 22.2 Å². The molecular formula is C58H41N. The van der Waals surface area contributed by atoms with Crippen LogP contribution in [0.5, 0.6) is 0 Å². The van der Waals surface area contributed by atoms with Crippen molar-refractivity contribution in [2.24, 2.45) is 0 Å². The van der Waals surface area contributed by atoms with E-state index in [9.17, 15) is 0 Å². The van der Waals surface area contributed by atoms with Crippen molar-refractivity contribution in [1.29, 1.82) is 0 Å². The molecule has 0 N–H and O–H groups in total. The quantitative estimate of drug-likeness (QED) is 0.157. The Morgan fingerprint density at radius 3 is 1.73 bits per heavy atom. The van der Waals surface area contributed by atoms with Gasteiger partial charge in [-0.1, -0.05) is 194 Å². The Labute approximate surface area is 346 Å². The fourth-order valence-corrected chi connectivity index (χ4v) is 9.53. The molecule has 0 saturated heterocycles. The van der Waals surface area contributed by atoms with Crippen LogP contribution in [-0.4, -0.2) is 0 Å². The molecule has 0 aromatic heterocycles. The van der Waals surface area contributed by atoms with Crippen molar-refractivity contribution < 1.29 is 0 Å². The van der Waals surface area contributed by atoms with Crippen molar-refractivity contribution in [3.8, 4) is 44.5 Å². The lowest BCUT2D eigenvalue weighted by atomic mass is 9.74. The Bertz CT molecular complexity index is 3150. The highest BCUT2D eigenvalue weighted by atomic mass is 15.1. The zero-order chi connectivity index (χ0) is 39.3. The van der Waals surface area contributed by atoms with Crippen LogP contribution in [0.1, 0.15) is 23.6 Å². The third-order valence-corrected chi connectivity index (χ3v) is 12.5. The Morgan fingerprint density at radius 2 is 0.915 bits per heavy atom. The first-order valence-electron chi connectivity index (χ1n) is 20.5. The van der Waals surface area contributed by atoms with Crippen molar-refractivity contribution in [3.05, 3.63) is 247 Å². The van der Waals surface area contributed by atoms with Crippen molar-refractivity contribution in [2.45, 2.75) is 12.3 Å². The molecule has 1 atom stereocenters. The van der Waals surface area contributed by atoms with Crippen LogP contribution in [0, 0.1) is 0 Å². The van der Waals surface area contributed by atoms with E-state index in [1.807, 2.05) is 0 Å². The van der Waals surface area contributed by atoms with Crippen LogP contribution in [0.15, 0.2) is 231 Å². The van der Waals surface area contributed by atoms with Crippen molar-refractivity contribution in [3.63, 3.8) is 0 Å². The smallest absolute Gasteiger partial charge is 0.0540 e. The van der Waals surface area contributed by atoms with Gasteiger partial charge in [0.05, 0.1) is 5.69 Å². The average Bonchev–Trinajstić information content (AvgIpc) is 3.58. The molecule has 10 aromatic rings. The number of anilines is 3. The standard InChI is InChI=1S/C58H41N/c1-58(48-19-3-2-4-20-48)54-25-10-9-23-53(54)57-52(24-13-26-55(57)58)47-18-11-21-50(39-47)59(56-27-12-17-44-15-7-8-22-51(44)56)49-36-34-42(35-37-49)41-28-30-43(31-29-41)46-33-32-40-14-5-6-16-45(40)38-46/h2-39H,1H3. The number of nitrogens with zero attached hydrogens (tertiary/aromatic N) is 1. The van der Waals surface area contributed by atoms with Crippen molar-refractivity contribution >= 4 is 38.6 Å². The summed E-state index contributed by atoms with van der Waals surface area (Å²) in [6.45, 7) is 2.39. The molecule has 1 aliphatic rings. The maximum Gasteiger partial charge on any atom is 0.0540 e. The molecule has 1 aliphatic carbocycles. The highest BCUT2D eigenvalue weighted by Crippen LogP contribution is 2.55. The number of rotatable bonds is 7. The first-order valence-corrected chi connectivity index (χ1v) is 20.5. The topological polar surface area (TPSA) is 3.24 Å². The second-order valence-corrected chi connectivity index (χ2v) is 15.8.